The molecule has 0 saturated heterocycles. The summed E-state index contributed by atoms with van der Waals surface area (Å²) >= 11 is 0. The highest BCUT2D eigenvalue weighted by Crippen LogP contribution is 2.26. The second-order valence-electron chi connectivity index (χ2n) is 4.84. The van der Waals surface area contributed by atoms with Gasteiger partial charge in [-0.25, -0.2) is 4.79 Å². The van der Waals surface area contributed by atoms with Gasteiger partial charge in [-0.05, 0) is 36.5 Å². The number of esters is 1. The van der Waals surface area contributed by atoms with Crippen LogP contribution in [0.25, 0.3) is 0 Å². The number of methoxy groups -OCH3 is 1. The van der Waals surface area contributed by atoms with Crippen molar-refractivity contribution in [2.24, 2.45) is 5.92 Å². The third-order valence-electron chi connectivity index (χ3n) is 3.34. The highest BCUT2D eigenvalue weighted by molar-refractivity contribution is 5.89. The van der Waals surface area contributed by atoms with Gasteiger partial charge >= 0.3 is 5.97 Å². The Morgan fingerprint density at radius 1 is 1.35 bits per heavy atom. The van der Waals surface area contributed by atoms with E-state index in [4.69, 9.17) is 0 Å². The van der Waals surface area contributed by atoms with E-state index in [9.17, 15) is 4.79 Å². The van der Waals surface area contributed by atoms with Crippen LogP contribution in [0, 0.1) is 5.92 Å². The summed E-state index contributed by atoms with van der Waals surface area (Å²) in [4.78, 5) is 11.2. The molecular weight excluding hydrogens is 214 g/mol. The largest absolute Gasteiger partial charge is 0.465 e. The Hall–Kier alpha value is -1.35. The molecule has 17 heavy (non-hydrogen) atoms. The predicted molar refractivity (Wildman–Crippen MR) is 66.8 cm³/mol. The molecule has 1 N–H and O–H groups in total. The number of ether oxygens (including phenoxy) is 1. The van der Waals surface area contributed by atoms with Gasteiger partial charge in [0.2, 0.25) is 0 Å². The summed E-state index contributed by atoms with van der Waals surface area (Å²) < 4.78 is 4.66. The number of hydrogen-bond donors (Lipinski definition) is 1. The van der Waals surface area contributed by atoms with Gasteiger partial charge in [0.1, 0.15) is 0 Å². The van der Waals surface area contributed by atoms with Crippen LogP contribution >= 0.6 is 0 Å². The molecular formula is C14H19NO2. The van der Waals surface area contributed by atoms with E-state index in [2.05, 4.69) is 17.0 Å². The minimum absolute atomic E-state index is 0.280. The van der Waals surface area contributed by atoms with Crippen molar-refractivity contribution in [1.29, 1.82) is 0 Å². The highest BCUT2D eigenvalue weighted by Gasteiger charge is 2.24. The molecule has 0 amide bonds. The maximum atomic E-state index is 11.2. The van der Waals surface area contributed by atoms with E-state index in [1.165, 1.54) is 25.5 Å². The molecule has 92 valence electrons. The van der Waals surface area contributed by atoms with Crippen molar-refractivity contribution < 1.29 is 9.53 Å². The maximum absolute atomic E-state index is 11.2. The topological polar surface area (TPSA) is 38.3 Å². The number of nitrogens with one attached hydrogen (secondary N) is 1. The lowest BCUT2D eigenvalue weighted by Gasteiger charge is -2.33. The Labute approximate surface area is 102 Å². The number of benzene rings is 1. The zero-order chi connectivity index (χ0) is 12.3. The van der Waals surface area contributed by atoms with Gasteiger partial charge < -0.3 is 10.1 Å². The molecule has 1 aliphatic carbocycles. The average Bonchev–Trinajstić information content (AvgIpc) is 2.33. The minimum Gasteiger partial charge on any atom is -0.465 e. The molecule has 0 aromatic heterocycles. The van der Waals surface area contributed by atoms with E-state index in [1.807, 2.05) is 24.3 Å². The van der Waals surface area contributed by atoms with Gasteiger partial charge in [-0.2, -0.15) is 0 Å². The summed E-state index contributed by atoms with van der Waals surface area (Å²) in [5.41, 5.74) is 1.81. The molecule has 3 heteroatoms. The molecule has 2 rings (SSSR count). The third kappa shape index (κ3) is 3.07. The summed E-state index contributed by atoms with van der Waals surface area (Å²) in [6, 6.07) is 8.24. The summed E-state index contributed by atoms with van der Waals surface area (Å²) in [6.07, 6.45) is 2.56. The van der Waals surface area contributed by atoms with Crippen LogP contribution in [0.4, 0.5) is 0 Å². The first-order valence-corrected chi connectivity index (χ1v) is 6.09. The summed E-state index contributed by atoms with van der Waals surface area (Å²) in [5, 5.41) is 3.51. The first kappa shape index (κ1) is 12.1. The first-order valence-electron chi connectivity index (χ1n) is 6.09. The van der Waals surface area contributed by atoms with Gasteiger partial charge in [-0.1, -0.05) is 19.1 Å². The van der Waals surface area contributed by atoms with E-state index < -0.39 is 0 Å². The molecule has 0 bridgehead atoms. The molecule has 1 aromatic carbocycles. The van der Waals surface area contributed by atoms with Gasteiger partial charge in [0, 0.05) is 12.6 Å². The van der Waals surface area contributed by atoms with Crippen LogP contribution in [-0.2, 0) is 11.3 Å². The molecule has 3 nitrogen and oxygen atoms in total. The van der Waals surface area contributed by atoms with E-state index in [-0.39, 0.29) is 5.97 Å². The van der Waals surface area contributed by atoms with Crippen molar-refractivity contribution in [3.8, 4) is 0 Å². The lowest BCUT2D eigenvalue weighted by Crippen LogP contribution is -2.39. The maximum Gasteiger partial charge on any atom is 0.337 e. The first-order chi connectivity index (χ1) is 8.19. The molecule has 1 aromatic rings. The lowest BCUT2D eigenvalue weighted by molar-refractivity contribution is 0.0600. The lowest BCUT2D eigenvalue weighted by atomic mass is 9.82. The van der Waals surface area contributed by atoms with Gasteiger partial charge in [0.15, 0.2) is 0 Å². The van der Waals surface area contributed by atoms with Crippen LogP contribution in [0.15, 0.2) is 24.3 Å². The van der Waals surface area contributed by atoms with Gasteiger partial charge in [-0.3, -0.25) is 0 Å². The molecule has 0 heterocycles. The molecule has 0 unspecified atom stereocenters. The van der Waals surface area contributed by atoms with E-state index >= 15 is 0 Å². The second-order valence-corrected chi connectivity index (χ2v) is 4.84. The van der Waals surface area contributed by atoms with Crippen LogP contribution in [0.2, 0.25) is 0 Å². The van der Waals surface area contributed by atoms with E-state index in [1.54, 1.807) is 0 Å². The molecule has 0 radical (unpaired) electrons. The van der Waals surface area contributed by atoms with E-state index in [0.717, 1.165) is 12.5 Å². The van der Waals surface area contributed by atoms with Crippen molar-refractivity contribution in [3.05, 3.63) is 35.4 Å². The molecule has 1 fully saturated rings. The fraction of sp³-hybridized carbons (Fsp3) is 0.500. The second kappa shape index (κ2) is 5.32. The zero-order valence-corrected chi connectivity index (χ0v) is 10.4. The standard InChI is InChI=1S/C14H19NO2/c1-10-7-13(8-10)15-9-11-3-5-12(6-4-11)14(16)17-2/h3-6,10,13,15H,7-9H2,1-2H3. The highest BCUT2D eigenvalue weighted by atomic mass is 16.5. The van der Waals surface area contributed by atoms with Crippen molar-refractivity contribution in [2.45, 2.75) is 32.4 Å². The Morgan fingerprint density at radius 3 is 2.53 bits per heavy atom. The number of hydrogen-bond acceptors (Lipinski definition) is 3. The van der Waals surface area contributed by atoms with Crippen molar-refractivity contribution in [2.75, 3.05) is 7.11 Å². The van der Waals surface area contributed by atoms with Crippen molar-refractivity contribution in [1.82, 2.24) is 5.32 Å². The van der Waals surface area contributed by atoms with Crippen LogP contribution in [0.5, 0.6) is 0 Å². The monoisotopic (exact) mass is 233 g/mol. The smallest absolute Gasteiger partial charge is 0.337 e. The Bertz CT molecular complexity index is 380. The normalized spacial score (nSPS) is 22.9. The molecule has 0 atom stereocenters. The Balaban J connectivity index is 1.83. The predicted octanol–water partition coefficient (Wildman–Crippen LogP) is 2.36. The fourth-order valence-corrected chi connectivity index (χ4v) is 2.21. The summed E-state index contributed by atoms with van der Waals surface area (Å²) in [6.45, 7) is 3.15. The van der Waals surface area contributed by atoms with Crippen LogP contribution in [0.1, 0.15) is 35.7 Å². The average molecular weight is 233 g/mol. The van der Waals surface area contributed by atoms with Gasteiger partial charge in [0.25, 0.3) is 0 Å². The summed E-state index contributed by atoms with van der Waals surface area (Å²) in [5.74, 6) is 0.589. The summed E-state index contributed by atoms with van der Waals surface area (Å²) in [7, 11) is 1.40. The van der Waals surface area contributed by atoms with Gasteiger partial charge in [-0.15, -0.1) is 0 Å². The van der Waals surface area contributed by atoms with Gasteiger partial charge in [0.05, 0.1) is 12.7 Å². The quantitative estimate of drug-likeness (QED) is 0.811. The minimum atomic E-state index is -0.280. The van der Waals surface area contributed by atoms with Crippen LogP contribution in [-0.4, -0.2) is 19.1 Å². The molecule has 1 aliphatic rings. The number of rotatable bonds is 4. The molecule has 1 saturated carbocycles. The number of carbonyl (C=O) groups is 1. The Morgan fingerprint density at radius 2 is 2.00 bits per heavy atom. The van der Waals surface area contributed by atoms with Crippen LogP contribution in [0.3, 0.4) is 0 Å². The van der Waals surface area contributed by atoms with Crippen molar-refractivity contribution >= 4 is 5.97 Å². The fourth-order valence-electron chi connectivity index (χ4n) is 2.21. The molecule has 0 spiro atoms. The zero-order valence-electron chi connectivity index (χ0n) is 10.4. The SMILES string of the molecule is COC(=O)c1ccc(CNC2CC(C)C2)cc1. The van der Waals surface area contributed by atoms with E-state index in [0.29, 0.717) is 11.6 Å². The number of carbonyl (C=O) groups excluding carboxylic acids is 1. The molecule has 0 aliphatic heterocycles. The Kier molecular flexibility index (Phi) is 3.79. The van der Waals surface area contributed by atoms with Crippen molar-refractivity contribution in [3.63, 3.8) is 0 Å². The third-order valence-corrected chi connectivity index (χ3v) is 3.34. The van der Waals surface area contributed by atoms with Crippen LogP contribution < -0.4 is 5.32 Å².